The molecular weight excluding hydrogens is 364 g/mol. The van der Waals surface area contributed by atoms with Crippen molar-refractivity contribution >= 4 is 17.7 Å². The van der Waals surface area contributed by atoms with Crippen LogP contribution in [0.4, 0.5) is 5.69 Å². The molecule has 1 aliphatic heterocycles. The Kier molecular flexibility index (Phi) is 4.80. The van der Waals surface area contributed by atoms with Crippen LogP contribution in [0.3, 0.4) is 0 Å². The summed E-state index contributed by atoms with van der Waals surface area (Å²) in [6.45, 7) is 4.01. The third kappa shape index (κ3) is 3.99. The van der Waals surface area contributed by atoms with Crippen molar-refractivity contribution in [3.05, 3.63) is 78.1 Å². The predicted octanol–water partition coefficient (Wildman–Crippen LogP) is 5.19. The fourth-order valence-corrected chi connectivity index (χ4v) is 3.22. The molecule has 3 aromatic rings. The average molecular weight is 386 g/mol. The molecule has 2 heterocycles. The lowest BCUT2D eigenvalue weighted by molar-refractivity contribution is 0.102. The number of methoxy groups -OCH3 is 1. The first-order valence-electron chi connectivity index (χ1n) is 9.37. The number of hydrogen-bond donors (Lipinski definition) is 1. The molecule has 0 aliphatic carbocycles. The number of nitrogens with zero attached hydrogens (tertiary/aromatic N) is 1. The zero-order chi connectivity index (χ0) is 20.4. The van der Waals surface area contributed by atoms with Crippen molar-refractivity contribution in [2.45, 2.75) is 19.4 Å². The molecule has 1 amide bonds. The Morgan fingerprint density at radius 2 is 1.93 bits per heavy atom. The van der Waals surface area contributed by atoms with E-state index in [1.165, 1.54) is 0 Å². The normalized spacial score (nSPS) is 13.9. The van der Waals surface area contributed by atoms with Crippen molar-refractivity contribution in [3.8, 4) is 22.6 Å². The van der Waals surface area contributed by atoms with E-state index in [1.54, 1.807) is 19.5 Å². The van der Waals surface area contributed by atoms with Gasteiger partial charge in [-0.15, -0.1) is 0 Å². The van der Waals surface area contributed by atoms with Gasteiger partial charge in [0, 0.05) is 40.3 Å². The first-order valence-corrected chi connectivity index (χ1v) is 9.37. The van der Waals surface area contributed by atoms with Crippen molar-refractivity contribution in [2.75, 3.05) is 12.4 Å². The van der Waals surface area contributed by atoms with Crippen LogP contribution in [0.1, 0.15) is 29.8 Å². The van der Waals surface area contributed by atoms with Gasteiger partial charge in [0.25, 0.3) is 5.91 Å². The smallest absolute Gasteiger partial charge is 0.255 e. The molecule has 29 heavy (non-hydrogen) atoms. The molecule has 0 saturated heterocycles. The van der Waals surface area contributed by atoms with Crippen LogP contribution in [0, 0.1) is 0 Å². The summed E-state index contributed by atoms with van der Waals surface area (Å²) in [5.41, 5.74) is 3.43. The molecule has 0 unspecified atom stereocenters. The highest BCUT2D eigenvalue weighted by Crippen LogP contribution is 2.40. The van der Waals surface area contributed by atoms with E-state index in [-0.39, 0.29) is 5.91 Å². The van der Waals surface area contributed by atoms with Crippen molar-refractivity contribution in [3.63, 3.8) is 0 Å². The van der Waals surface area contributed by atoms with Gasteiger partial charge in [-0.1, -0.05) is 12.1 Å². The molecule has 1 aromatic heterocycles. The zero-order valence-electron chi connectivity index (χ0n) is 16.6. The van der Waals surface area contributed by atoms with Crippen LogP contribution < -0.4 is 14.8 Å². The Balaban J connectivity index is 1.73. The van der Waals surface area contributed by atoms with Crippen molar-refractivity contribution in [1.29, 1.82) is 0 Å². The quantitative estimate of drug-likeness (QED) is 0.670. The Labute approximate surface area is 170 Å². The first kappa shape index (κ1) is 18.7. The molecule has 1 N–H and O–H groups in total. The number of amides is 1. The van der Waals surface area contributed by atoms with Gasteiger partial charge in [-0.3, -0.25) is 9.78 Å². The van der Waals surface area contributed by atoms with Gasteiger partial charge in [-0.05, 0) is 62.4 Å². The standard InChI is InChI=1S/C24H22N2O3/c1-24(2)11-10-16-13-18(23(27)26-19-6-8-20(28-3)9-7-19)14-21(22(16)29-24)17-5-4-12-25-15-17/h4-15H,1-3H3,(H,26,27). The summed E-state index contributed by atoms with van der Waals surface area (Å²) < 4.78 is 11.4. The molecule has 5 heteroatoms. The van der Waals surface area contributed by atoms with Crippen LogP contribution >= 0.6 is 0 Å². The minimum absolute atomic E-state index is 0.193. The van der Waals surface area contributed by atoms with Gasteiger partial charge in [-0.25, -0.2) is 0 Å². The third-order valence-electron chi connectivity index (χ3n) is 4.73. The largest absolute Gasteiger partial charge is 0.497 e. The fraction of sp³-hybridized carbons (Fsp3) is 0.167. The number of ether oxygens (including phenoxy) is 2. The second-order valence-electron chi connectivity index (χ2n) is 7.41. The summed E-state index contributed by atoms with van der Waals surface area (Å²) in [5.74, 6) is 1.30. The minimum atomic E-state index is -0.420. The highest BCUT2D eigenvalue weighted by atomic mass is 16.5. The number of carbonyl (C=O) groups is 1. The molecule has 0 spiro atoms. The van der Waals surface area contributed by atoms with Crippen LogP contribution in [0.25, 0.3) is 17.2 Å². The second kappa shape index (κ2) is 7.43. The summed E-state index contributed by atoms with van der Waals surface area (Å²) in [6.07, 6.45) is 7.49. The monoisotopic (exact) mass is 386 g/mol. The van der Waals surface area contributed by atoms with Gasteiger partial charge < -0.3 is 14.8 Å². The lowest BCUT2D eigenvalue weighted by Crippen LogP contribution is -2.28. The number of benzene rings is 2. The summed E-state index contributed by atoms with van der Waals surface area (Å²) in [7, 11) is 1.61. The maximum absolute atomic E-state index is 12.9. The molecule has 146 valence electrons. The predicted molar refractivity (Wildman–Crippen MR) is 114 cm³/mol. The van der Waals surface area contributed by atoms with Crippen LogP contribution in [0.5, 0.6) is 11.5 Å². The van der Waals surface area contributed by atoms with E-state index < -0.39 is 5.60 Å². The molecule has 4 rings (SSSR count). The number of rotatable bonds is 4. The Morgan fingerprint density at radius 3 is 2.62 bits per heavy atom. The zero-order valence-corrected chi connectivity index (χ0v) is 16.6. The van der Waals surface area contributed by atoms with Crippen molar-refractivity contribution < 1.29 is 14.3 Å². The summed E-state index contributed by atoms with van der Waals surface area (Å²) >= 11 is 0. The Morgan fingerprint density at radius 1 is 1.14 bits per heavy atom. The number of hydrogen-bond acceptors (Lipinski definition) is 4. The molecule has 1 aliphatic rings. The third-order valence-corrected chi connectivity index (χ3v) is 4.73. The first-order chi connectivity index (χ1) is 13.9. The molecular formula is C24H22N2O3. The van der Waals surface area contributed by atoms with E-state index in [2.05, 4.69) is 10.3 Å². The van der Waals surface area contributed by atoms with E-state index in [4.69, 9.17) is 9.47 Å². The Hall–Kier alpha value is -3.60. The number of fused-ring (bicyclic) bond motifs is 1. The molecule has 0 atom stereocenters. The molecule has 5 nitrogen and oxygen atoms in total. The number of anilines is 1. The van der Waals surface area contributed by atoms with Gasteiger partial charge in [0.15, 0.2) is 0 Å². The second-order valence-corrected chi connectivity index (χ2v) is 7.41. The maximum Gasteiger partial charge on any atom is 0.255 e. The number of pyridine rings is 1. The molecule has 0 radical (unpaired) electrons. The summed E-state index contributed by atoms with van der Waals surface area (Å²) in [6, 6.07) is 14.8. The van der Waals surface area contributed by atoms with Gasteiger partial charge >= 0.3 is 0 Å². The van der Waals surface area contributed by atoms with Crippen LogP contribution in [0.15, 0.2) is 67.0 Å². The average Bonchev–Trinajstić information content (AvgIpc) is 2.73. The van der Waals surface area contributed by atoms with E-state index in [0.29, 0.717) is 11.3 Å². The van der Waals surface area contributed by atoms with Gasteiger partial charge in [-0.2, -0.15) is 0 Å². The molecule has 0 bridgehead atoms. The fourth-order valence-electron chi connectivity index (χ4n) is 3.22. The van der Waals surface area contributed by atoms with Crippen molar-refractivity contribution in [1.82, 2.24) is 4.98 Å². The number of carbonyl (C=O) groups excluding carboxylic acids is 1. The van der Waals surface area contributed by atoms with Crippen LogP contribution in [-0.4, -0.2) is 23.6 Å². The maximum atomic E-state index is 12.9. The highest BCUT2D eigenvalue weighted by Gasteiger charge is 2.26. The van der Waals surface area contributed by atoms with Gasteiger partial charge in [0.2, 0.25) is 0 Å². The van der Waals surface area contributed by atoms with Gasteiger partial charge in [0.1, 0.15) is 17.1 Å². The van der Waals surface area contributed by atoms with Crippen molar-refractivity contribution in [2.24, 2.45) is 0 Å². The summed E-state index contributed by atoms with van der Waals surface area (Å²) in [4.78, 5) is 17.2. The molecule has 2 aromatic carbocycles. The Bertz CT molecular complexity index is 1070. The number of aromatic nitrogens is 1. The van der Waals surface area contributed by atoms with Gasteiger partial charge in [0.05, 0.1) is 7.11 Å². The van der Waals surface area contributed by atoms with E-state index >= 15 is 0 Å². The van der Waals surface area contributed by atoms with Crippen LogP contribution in [-0.2, 0) is 0 Å². The van der Waals surface area contributed by atoms with E-state index in [9.17, 15) is 4.79 Å². The lowest BCUT2D eigenvalue weighted by atomic mass is 9.94. The lowest BCUT2D eigenvalue weighted by Gasteiger charge is -2.30. The molecule has 0 saturated carbocycles. The number of nitrogens with one attached hydrogen (secondary N) is 1. The topological polar surface area (TPSA) is 60.5 Å². The van der Waals surface area contributed by atoms with E-state index in [0.717, 1.165) is 28.2 Å². The minimum Gasteiger partial charge on any atom is -0.497 e. The van der Waals surface area contributed by atoms with E-state index in [1.807, 2.05) is 74.5 Å². The molecule has 0 fully saturated rings. The van der Waals surface area contributed by atoms with Crippen LogP contribution in [0.2, 0.25) is 0 Å². The highest BCUT2D eigenvalue weighted by molar-refractivity contribution is 6.06. The summed E-state index contributed by atoms with van der Waals surface area (Å²) in [5, 5.41) is 2.94. The SMILES string of the molecule is COc1ccc(NC(=O)c2cc3c(c(-c4cccnc4)c2)OC(C)(C)C=C3)cc1.